The van der Waals surface area contributed by atoms with Gasteiger partial charge in [-0.15, -0.1) is 0 Å². The monoisotopic (exact) mass is 363 g/mol. The van der Waals surface area contributed by atoms with Gasteiger partial charge in [0.05, 0.1) is 18.4 Å². The Balaban J connectivity index is 1.71. The minimum Gasteiger partial charge on any atom is -0.319 e. The van der Waals surface area contributed by atoms with Crippen LogP contribution in [0.3, 0.4) is 0 Å². The fourth-order valence-corrected chi connectivity index (χ4v) is 2.51. The molecule has 2 aromatic carbocycles. The summed E-state index contributed by atoms with van der Waals surface area (Å²) in [4.78, 5) is 12.1. The summed E-state index contributed by atoms with van der Waals surface area (Å²) in [7, 11) is 0. The summed E-state index contributed by atoms with van der Waals surface area (Å²) in [5, 5.41) is 7.72. The van der Waals surface area contributed by atoms with E-state index in [0.29, 0.717) is 26.9 Å². The smallest absolute Gasteiger partial charge is 0.255 e. The van der Waals surface area contributed by atoms with Gasteiger partial charge in [0.15, 0.2) is 0 Å². The van der Waals surface area contributed by atoms with Crippen molar-refractivity contribution in [1.29, 1.82) is 0 Å². The zero-order chi connectivity index (χ0) is 17.1. The lowest BCUT2D eigenvalue weighted by molar-refractivity contribution is 0.102. The van der Waals surface area contributed by atoms with E-state index in [0.717, 1.165) is 0 Å². The van der Waals surface area contributed by atoms with Crippen LogP contribution in [0.25, 0.3) is 0 Å². The Hall–Kier alpha value is -2.37. The van der Waals surface area contributed by atoms with Gasteiger partial charge in [-0.05, 0) is 36.4 Å². The molecule has 0 aliphatic rings. The van der Waals surface area contributed by atoms with Crippen molar-refractivity contribution in [3.63, 3.8) is 0 Å². The highest BCUT2D eigenvalue weighted by Crippen LogP contribution is 2.20. The fraction of sp³-hybridized carbons (Fsp3) is 0.0588. The third-order valence-corrected chi connectivity index (χ3v) is 3.99. The van der Waals surface area contributed by atoms with Crippen molar-refractivity contribution < 1.29 is 9.18 Å². The minimum atomic E-state index is -0.398. The van der Waals surface area contributed by atoms with Crippen LogP contribution in [0.15, 0.2) is 54.9 Å². The number of amides is 1. The lowest BCUT2D eigenvalue weighted by atomic mass is 10.2. The second kappa shape index (κ2) is 7.03. The Morgan fingerprint density at radius 1 is 1.17 bits per heavy atom. The molecule has 0 bridgehead atoms. The highest BCUT2D eigenvalue weighted by atomic mass is 35.5. The van der Waals surface area contributed by atoms with Gasteiger partial charge in [0, 0.05) is 27.4 Å². The quantitative estimate of drug-likeness (QED) is 0.734. The molecular formula is C17H12Cl2FN3O. The summed E-state index contributed by atoms with van der Waals surface area (Å²) < 4.78 is 15.3. The number of benzene rings is 2. The van der Waals surface area contributed by atoms with Gasteiger partial charge < -0.3 is 5.32 Å². The molecule has 0 spiro atoms. The highest BCUT2D eigenvalue weighted by Gasteiger charge is 2.10. The maximum absolute atomic E-state index is 13.8. The zero-order valence-electron chi connectivity index (χ0n) is 12.3. The van der Waals surface area contributed by atoms with E-state index in [2.05, 4.69) is 10.4 Å². The first kappa shape index (κ1) is 16.5. The molecule has 0 unspecified atom stereocenters. The molecule has 0 aliphatic heterocycles. The van der Waals surface area contributed by atoms with Crippen molar-refractivity contribution in [2.45, 2.75) is 6.54 Å². The second-order valence-electron chi connectivity index (χ2n) is 5.09. The van der Waals surface area contributed by atoms with Crippen molar-refractivity contribution >= 4 is 34.8 Å². The van der Waals surface area contributed by atoms with Crippen molar-refractivity contribution in [2.75, 3.05) is 5.32 Å². The van der Waals surface area contributed by atoms with Crippen LogP contribution >= 0.6 is 23.2 Å². The van der Waals surface area contributed by atoms with Gasteiger partial charge in [0.2, 0.25) is 0 Å². The Bertz CT molecular complexity index is 858. The largest absolute Gasteiger partial charge is 0.319 e. The number of carbonyl (C=O) groups excluding carboxylic acids is 1. The minimum absolute atomic E-state index is 0.169. The van der Waals surface area contributed by atoms with E-state index < -0.39 is 5.82 Å². The number of halogens is 3. The van der Waals surface area contributed by atoms with Crippen LogP contribution in [0.1, 0.15) is 15.9 Å². The van der Waals surface area contributed by atoms with Gasteiger partial charge in [-0.2, -0.15) is 5.10 Å². The molecule has 24 heavy (non-hydrogen) atoms. The van der Waals surface area contributed by atoms with Crippen molar-refractivity contribution in [3.05, 3.63) is 81.8 Å². The molecule has 0 fully saturated rings. The first-order valence-corrected chi connectivity index (χ1v) is 7.81. The standard InChI is InChI=1S/C17H12Cl2FN3O/c18-12-6-4-11(5-7-12)17(24)22-13-8-21-23(9-13)10-14-15(19)2-1-3-16(14)20/h1-9H,10H2,(H,22,24). The summed E-state index contributed by atoms with van der Waals surface area (Å²) >= 11 is 11.8. The number of rotatable bonds is 4. The highest BCUT2D eigenvalue weighted by molar-refractivity contribution is 6.31. The fourth-order valence-electron chi connectivity index (χ4n) is 2.16. The number of anilines is 1. The molecule has 3 aromatic rings. The molecule has 3 rings (SSSR count). The first-order valence-electron chi connectivity index (χ1n) is 7.05. The first-order chi connectivity index (χ1) is 11.5. The van der Waals surface area contributed by atoms with Gasteiger partial charge in [-0.1, -0.05) is 29.3 Å². The molecule has 0 aliphatic carbocycles. The molecule has 1 amide bonds. The molecular weight excluding hydrogens is 352 g/mol. The van der Waals surface area contributed by atoms with E-state index in [4.69, 9.17) is 23.2 Å². The van der Waals surface area contributed by atoms with Crippen LogP contribution in [0, 0.1) is 5.82 Å². The lowest BCUT2D eigenvalue weighted by Gasteiger charge is -2.06. The number of nitrogens with one attached hydrogen (secondary N) is 1. The van der Waals surface area contributed by atoms with Crippen molar-refractivity contribution in [2.24, 2.45) is 0 Å². The van der Waals surface area contributed by atoms with E-state index in [1.165, 1.54) is 16.9 Å². The van der Waals surface area contributed by atoms with E-state index in [1.54, 1.807) is 42.6 Å². The zero-order valence-corrected chi connectivity index (χ0v) is 13.9. The SMILES string of the molecule is O=C(Nc1cnn(Cc2c(F)cccc2Cl)c1)c1ccc(Cl)cc1. The Labute approximate surface area is 147 Å². The molecule has 7 heteroatoms. The van der Waals surface area contributed by atoms with E-state index in [9.17, 15) is 9.18 Å². The molecule has 0 saturated heterocycles. The number of carbonyl (C=O) groups is 1. The maximum atomic E-state index is 13.8. The second-order valence-corrected chi connectivity index (χ2v) is 5.93. The van der Waals surface area contributed by atoms with Crippen LogP contribution in [-0.2, 0) is 6.54 Å². The predicted molar refractivity (Wildman–Crippen MR) is 92.1 cm³/mol. The van der Waals surface area contributed by atoms with Gasteiger partial charge in [0.25, 0.3) is 5.91 Å². The van der Waals surface area contributed by atoms with E-state index >= 15 is 0 Å². The normalized spacial score (nSPS) is 10.6. The van der Waals surface area contributed by atoms with E-state index in [-0.39, 0.29) is 12.5 Å². The molecule has 122 valence electrons. The molecule has 0 saturated carbocycles. The summed E-state index contributed by atoms with van der Waals surface area (Å²) in [6, 6.07) is 11.0. The molecule has 1 N–H and O–H groups in total. The Kier molecular flexibility index (Phi) is 4.83. The van der Waals surface area contributed by atoms with Gasteiger partial charge in [-0.3, -0.25) is 9.48 Å². The summed E-state index contributed by atoms with van der Waals surface area (Å²) in [5.74, 6) is -0.681. The predicted octanol–water partition coefficient (Wildman–Crippen LogP) is 4.63. The van der Waals surface area contributed by atoms with Crippen LogP contribution in [0.2, 0.25) is 10.0 Å². The molecule has 0 atom stereocenters. The molecule has 1 aromatic heterocycles. The Morgan fingerprint density at radius 2 is 1.92 bits per heavy atom. The molecule has 4 nitrogen and oxygen atoms in total. The van der Waals surface area contributed by atoms with Gasteiger partial charge in [0.1, 0.15) is 5.82 Å². The average Bonchev–Trinajstić information content (AvgIpc) is 2.99. The topological polar surface area (TPSA) is 46.9 Å². The summed E-state index contributed by atoms with van der Waals surface area (Å²) in [6.07, 6.45) is 3.10. The maximum Gasteiger partial charge on any atom is 0.255 e. The Morgan fingerprint density at radius 3 is 2.62 bits per heavy atom. The van der Waals surface area contributed by atoms with E-state index in [1.807, 2.05) is 0 Å². The average molecular weight is 364 g/mol. The number of hydrogen-bond donors (Lipinski definition) is 1. The summed E-state index contributed by atoms with van der Waals surface area (Å²) in [6.45, 7) is 0.169. The van der Waals surface area contributed by atoms with Crippen LogP contribution in [0.5, 0.6) is 0 Å². The third-order valence-electron chi connectivity index (χ3n) is 3.38. The number of aromatic nitrogens is 2. The third kappa shape index (κ3) is 3.75. The van der Waals surface area contributed by atoms with Crippen LogP contribution in [-0.4, -0.2) is 15.7 Å². The molecule has 1 heterocycles. The van der Waals surface area contributed by atoms with Gasteiger partial charge >= 0.3 is 0 Å². The van der Waals surface area contributed by atoms with Crippen molar-refractivity contribution in [1.82, 2.24) is 9.78 Å². The number of nitrogens with zero attached hydrogens (tertiary/aromatic N) is 2. The number of hydrogen-bond acceptors (Lipinski definition) is 2. The van der Waals surface area contributed by atoms with Crippen LogP contribution in [0.4, 0.5) is 10.1 Å². The van der Waals surface area contributed by atoms with Gasteiger partial charge in [-0.25, -0.2) is 4.39 Å². The lowest BCUT2D eigenvalue weighted by Crippen LogP contribution is -2.11. The molecule has 0 radical (unpaired) electrons. The van der Waals surface area contributed by atoms with Crippen LogP contribution < -0.4 is 5.32 Å². The summed E-state index contributed by atoms with van der Waals surface area (Å²) in [5.41, 5.74) is 1.32. The van der Waals surface area contributed by atoms with Crippen molar-refractivity contribution in [3.8, 4) is 0 Å².